The second-order valence-corrected chi connectivity index (χ2v) is 5.00. The van der Waals surface area contributed by atoms with Gasteiger partial charge in [-0.05, 0) is 26.3 Å². The van der Waals surface area contributed by atoms with E-state index in [1.807, 2.05) is 18.2 Å². The van der Waals surface area contributed by atoms with Gasteiger partial charge in [0.15, 0.2) is 5.76 Å². The Labute approximate surface area is 116 Å². The Hall–Kier alpha value is -2.30. The molecule has 1 amide bonds. The first-order valence-electron chi connectivity index (χ1n) is 6.43. The van der Waals surface area contributed by atoms with Crippen LogP contribution in [0.25, 0.3) is 11.0 Å². The molecule has 1 heterocycles. The molecule has 2 aromatic rings. The number of hydrogen-bond acceptors (Lipinski definition) is 3. The van der Waals surface area contributed by atoms with Gasteiger partial charge in [-0.1, -0.05) is 25.1 Å². The van der Waals surface area contributed by atoms with E-state index in [-0.39, 0.29) is 12.2 Å². The maximum absolute atomic E-state index is 12.2. The number of carboxylic acid groups (broad SMARTS) is 1. The van der Waals surface area contributed by atoms with Gasteiger partial charge in [-0.3, -0.25) is 4.79 Å². The summed E-state index contributed by atoms with van der Waals surface area (Å²) in [5.41, 5.74) is 0.0216. The number of carbonyl (C=O) groups is 2. The predicted octanol–water partition coefficient (Wildman–Crippen LogP) is 2.72. The zero-order valence-electron chi connectivity index (χ0n) is 11.7. The molecule has 0 radical (unpaired) electrons. The summed E-state index contributed by atoms with van der Waals surface area (Å²) in [6, 6.07) is 7.32. The number of para-hydroxylation sites is 1. The smallest absolute Gasteiger partial charge is 0.329 e. The average Bonchev–Trinajstić information content (AvgIpc) is 2.76. The summed E-state index contributed by atoms with van der Waals surface area (Å²) in [5, 5.41) is 12.6. The van der Waals surface area contributed by atoms with Gasteiger partial charge < -0.3 is 14.8 Å². The molecule has 0 spiro atoms. The highest BCUT2D eigenvalue weighted by atomic mass is 16.4. The number of benzene rings is 1. The SMILES string of the molecule is CCC(C)(NC(=O)c1oc2ccccc2c1C)C(=O)O. The molecular formula is C15H17NO4. The third kappa shape index (κ3) is 2.27. The van der Waals surface area contributed by atoms with E-state index in [4.69, 9.17) is 4.42 Å². The molecule has 1 unspecified atom stereocenters. The Balaban J connectivity index is 2.37. The lowest BCUT2D eigenvalue weighted by Gasteiger charge is -2.24. The normalized spacial score (nSPS) is 13.9. The molecule has 0 bridgehead atoms. The number of carboxylic acids is 1. The first-order valence-corrected chi connectivity index (χ1v) is 6.43. The van der Waals surface area contributed by atoms with Crippen molar-refractivity contribution in [2.45, 2.75) is 32.7 Å². The van der Waals surface area contributed by atoms with Crippen molar-refractivity contribution >= 4 is 22.8 Å². The molecule has 20 heavy (non-hydrogen) atoms. The highest BCUT2D eigenvalue weighted by Gasteiger charge is 2.34. The molecule has 0 aliphatic carbocycles. The predicted molar refractivity (Wildman–Crippen MR) is 74.7 cm³/mol. The number of fused-ring (bicyclic) bond motifs is 1. The highest BCUT2D eigenvalue weighted by molar-refractivity contribution is 6.01. The molecule has 0 fully saturated rings. The Morgan fingerprint density at radius 3 is 2.55 bits per heavy atom. The maximum Gasteiger partial charge on any atom is 0.329 e. The van der Waals surface area contributed by atoms with Crippen molar-refractivity contribution in [2.24, 2.45) is 0 Å². The molecule has 0 aliphatic rings. The summed E-state index contributed by atoms with van der Waals surface area (Å²) in [6.45, 7) is 4.97. The van der Waals surface area contributed by atoms with Crippen LogP contribution in [0.1, 0.15) is 36.4 Å². The number of rotatable bonds is 4. The highest BCUT2D eigenvalue weighted by Crippen LogP contribution is 2.25. The first-order chi connectivity index (χ1) is 9.39. The van der Waals surface area contributed by atoms with Crippen molar-refractivity contribution in [3.05, 3.63) is 35.6 Å². The van der Waals surface area contributed by atoms with Crippen LogP contribution in [0, 0.1) is 6.92 Å². The Morgan fingerprint density at radius 1 is 1.35 bits per heavy atom. The lowest BCUT2D eigenvalue weighted by molar-refractivity contribution is -0.143. The fourth-order valence-corrected chi connectivity index (χ4v) is 1.99. The van der Waals surface area contributed by atoms with Crippen molar-refractivity contribution in [3.63, 3.8) is 0 Å². The van der Waals surface area contributed by atoms with E-state index in [9.17, 15) is 14.7 Å². The molecule has 106 valence electrons. The van der Waals surface area contributed by atoms with E-state index >= 15 is 0 Å². The minimum absolute atomic E-state index is 0.159. The first kappa shape index (κ1) is 14.1. The van der Waals surface area contributed by atoms with Crippen LogP contribution >= 0.6 is 0 Å². The van der Waals surface area contributed by atoms with Crippen LogP contribution in [-0.4, -0.2) is 22.5 Å². The van der Waals surface area contributed by atoms with Crippen LogP contribution in [-0.2, 0) is 4.79 Å². The molecule has 1 aromatic carbocycles. The number of aliphatic carboxylic acids is 1. The van der Waals surface area contributed by atoms with Gasteiger partial charge in [-0.2, -0.15) is 0 Å². The Morgan fingerprint density at radius 2 is 2.00 bits per heavy atom. The van der Waals surface area contributed by atoms with Gasteiger partial charge in [-0.25, -0.2) is 4.79 Å². The number of hydrogen-bond donors (Lipinski definition) is 2. The molecule has 5 nitrogen and oxygen atoms in total. The van der Waals surface area contributed by atoms with E-state index in [0.29, 0.717) is 11.1 Å². The van der Waals surface area contributed by atoms with Crippen LogP contribution in [0.4, 0.5) is 0 Å². The number of nitrogens with one attached hydrogen (secondary N) is 1. The van der Waals surface area contributed by atoms with Crippen molar-refractivity contribution in [1.29, 1.82) is 0 Å². The van der Waals surface area contributed by atoms with Crippen LogP contribution in [0.5, 0.6) is 0 Å². The quantitative estimate of drug-likeness (QED) is 0.899. The van der Waals surface area contributed by atoms with Crippen molar-refractivity contribution < 1.29 is 19.1 Å². The summed E-state index contributed by atoms with van der Waals surface area (Å²) in [4.78, 5) is 23.5. The molecular weight excluding hydrogens is 258 g/mol. The molecule has 2 rings (SSSR count). The summed E-state index contributed by atoms with van der Waals surface area (Å²) in [5.74, 6) is -1.42. The van der Waals surface area contributed by atoms with Gasteiger partial charge in [0.25, 0.3) is 5.91 Å². The summed E-state index contributed by atoms with van der Waals surface area (Å²) in [7, 11) is 0. The van der Waals surface area contributed by atoms with Crippen molar-refractivity contribution in [3.8, 4) is 0 Å². The lowest BCUT2D eigenvalue weighted by atomic mass is 9.99. The van der Waals surface area contributed by atoms with Crippen molar-refractivity contribution in [1.82, 2.24) is 5.32 Å². The molecule has 1 aromatic heterocycles. The van der Waals surface area contributed by atoms with Crippen molar-refractivity contribution in [2.75, 3.05) is 0 Å². The third-order valence-electron chi connectivity index (χ3n) is 3.62. The van der Waals surface area contributed by atoms with E-state index in [1.165, 1.54) is 6.92 Å². The Bertz CT molecular complexity index is 674. The lowest BCUT2D eigenvalue weighted by Crippen LogP contribution is -2.51. The topological polar surface area (TPSA) is 79.5 Å². The second-order valence-electron chi connectivity index (χ2n) is 5.00. The molecule has 0 saturated heterocycles. The second kappa shape index (κ2) is 5.00. The molecule has 1 atom stereocenters. The zero-order valence-corrected chi connectivity index (χ0v) is 11.7. The van der Waals surface area contributed by atoms with Gasteiger partial charge in [0.05, 0.1) is 0 Å². The minimum atomic E-state index is -1.30. The largest absolute Gasteiger partial charge is 0.480 e. The van der Waals surface area contributed by atoms with Gasteiger partial charge in [0.2, 0.25) is 0 Å². The summed E-state index contributed by atoms with van der Waals surface area (Å²) < 4.78 is 5.53. The van der Waals surface area contributed by atoms with Crippen LogP contribution in [0.2, 0.25) is 0 Å². The summed E-state index contributed by atoms with van der Waals surface area (Å²) >= 11 is 0. The van der Waals surface area contributed by atoms with Gasteiger partial charge in [0, 0.05) is 10.9 Å². The summed E-state index contributed by atoms with van der Waals surface area (Å²) in [6.07, 6.45) is 0.285. The number of amides is 1. The van der Waals surface area contributed by atoms with E-state index < -0.39 is 17.4 Å². The minimum Gasteiger partial charge on any atom is -0.480 e. The molecule has 2 N–H and O–H groups in total. The van der Waals surface area contributed by atoms with E-state index in [0.717, 1.165) is 5.39 Å². The van der Waals surface area contributed by atoms with Crippen LogP contribution in [0.3, 0.4) is 0 Å². The Kier molecular flexibility index (Phi) is 3.53. The van der Waals surface area contributed by atoms with Gasteiger partial charge in [0.1, 0.15) is 11.1 Å². The van der Waals surface area contributed by atoms with E-state index in [1.54, 1.807) is 19.9 Å². The van der Waals surface area contributed by atoms with Gasteiger partial charge in [-0.15, -0.1) is 0 Å². The monoisotopic (exact) mass is 275 g/mol. The zero-order chi connectivity index (χ0) is 14.9. The fourth-order valence-electron chi connectivity index (χ4n) is 1.99. The van der Waals surface area contributed by atoms with Gasteiger partial charge >= 0.3 is 5.97 Å². The number of furan rings is 1. The van der Waals surface area contributed by atoms with Crippen LogP contribution in [0.15, 0.2) is 28.7 Å². The fraction of sp³-hybridized carbons (Fsp3) is 0.333. The molecule has 0 saturated carbocycles. The molecule has 0 aliphatic heterocycles. The van der Waals surface area contributed by atoms with Crippen LogP contribution < -0.4 is 5.32 Å². The maximum atomic E-state index is 12.2. The third-order valence-corrected chi connectivity index (χ3v) is 3.62. The molecule has 5 heteroatoms. The standard InChI is InChI=1S/C15H17NO4/c1-4-15(3,14(18)19)16-13(17)12-9(2)10-7-5-6-8-11(10)20-12/h5-8H,4H2,1-3H3,(H,16,17)(H,18,19). The number of carbonyl (C=O) groups excluding carboxylic acids is 1. The number of aryl methyl sites for hydroxylation is 1. The average molecular weight is 275 g/mol. The van der Waals surface area contributed by atoms with E-state index in [2.05, 4.69) is 5.32 Å².